The molecule has 1 aliphatic rings. The van der Waals surface area contributed by atoms with Gasteiger partial charge in [0.15, 0.2) is 5.69 Å². The molecule has 0 spiro atoms. The topological polar surface area (TPSA) is 83.0 Å². The van der Waals surface area contributed by atoms with E-state index in [9.17, 15) is 9.59 Å². The fourth-order valence-electron chi connectivity index (χ4n) is 1.48. The number of nitrogens with one attached hydrogen (secondary N) is 1. The second kappa shape index (κ2) is 3.84. The predicted molar refractivity (Wildman–Crippen MR) is 52.9 cm³/mol. The average molecular weight is 208 g/mol. The first-order valence-electron chi connectivity index (χ1n) is 4.98. The van der Waals surface area contributed by atoms with Crippen molar-refractivity contribution in [3.63, 3.8) is 0 Å². The van der Waals surface area contributed by atoms with E-state index >= 15 is 0 Å². The first-order valence-corrected chi connectivity index (χ1v) is 4.98. The molecular formula is C10H12N2O3. The van der Waals surface area contributed by atoms with Crippen molar-refractivity contribution in [2.45, 2.75) is 25.7 Å². The summed E-state index contributed by atoms with van der Waals surface area (Å²) in [4.78, 5) is 28.2. The van der Waals surface area contributed by atoms with E-state index in [2.05, 4.69) is 9.97 Å². The van der Waals surface area contributed by atoms with Gasteiger partial charge in [0.25, 0.3) is 5.56 Å². The van der Waals surface area contributed by atoms with Gasteiger partial charge in [-0.1, -0.05) is 12.8 Å². The minimum Gasteiger partial charge on any atom is -0.477 e. The van der Waals surface area contributed by atoms with E-state index < -0.39 is 11.5 Å². The summed E-state index contributed by atoms with van der Waals surface area (Å²) in [6, 6.07) is 1.00. The lowest BCUT2D eigenvalue weighted by Gasteiger charge is -2.00. The molecule has 1 aromatic rings. The third kappa shape index (κ3) is 2.65. The van der Waals surface area contributed by atoms with Gasteiger partial charge in [0, 0.05) is 12.5 Å². The number of aromatic nitrogens is 2. The number of carbonyl (C=O) groups is 1. The molecule has 0 saturated heterocycles. The first kappa shape index (κ1) is 9.89. The summed E-state index contributed by atoms with van der Waals surface area (Å²) in [5.74, 6) is 0.0596. The molecule has 1 heterocycles. The summed E-state index contributed by atoms with van der Waals surface area (Å²) in [5.41, 5.74) is -0.572. The molecule has 0 amide bonds. The van der Waals surface area contributed by atoms with Crippen molar-refractivity contribution in [1.29, 1.82) is 0 Å². The second-order valence-corrected chi connectivity index (χ2v) is 3.86. The molecule has 0 unspecified atom stereocenters. The fourth-order valence-corrected chi connectivity index (χ4v) is 1.48. The lowest BCUT2D eigenvalue weighted by Crippen LogP contribution is -2.15. The summed E-state index contributed by atoms with van der Waals surface area (Å²) in [7, 11) is 0. The van der Waals surface area contributed by atoms with Gasteiger partial charge in [-0.15, -0.1) is 0 Å². The number of carboxylic acids is 1. The van der Waals surface area contributed by atoms with E-state index in [-0.39, 0.29) is 5.69 Å². The van der Waals surface area contributed by atoms with Gasteiger partial charge in [-0.2, -0.15) is 0 Å². The Labute approximate surface area is 86.2 Å². The lowest BCUT2D eigenvalue weighted by molar-refractivity contribution is 0.0689. The number of H-pyrrole nitrogens is 1. The number of aromatic carboxylic acids is 1. The summed E-state index contributed by atoms with van der Waals surface area (Å²) in [6.07, 6.45) is 4.11. The normalized spacial score (nSPS) is 15.2. The van der Waals surface area contributed by atoms with Crippen LogP contribution in [0.1, 0.15) is 35.6 Å². The Morgan fingerprint density at radius 2 is 2.33 bits per heavy atom. The summed E-state index contributed by atoms with van der Waals surface area (Å²) >= 11 is 0. The van der Waals surface area contributed by atoms with Gasteiger partial charge in [-0.25, -0.2) is 9.78 Å². The van der Waals surface area contributed by atoms with Gasteiger partial charge in [0.1, 0.15) is 5.82 Å². The zero-order chi connectivity index (χ0) is 10.8. The number of hydrogen-bond acceptors (Lipinski definition) is 3. The molecule has 80 valence electrons. The van der Waals surface area contributed by atoms with Crippen LogP contribution in [0.25, 0.3) is 0 Å². The van der Waals surface area contributed by atoms with E-state index in [1.807, 2.05) is 0 Å². The third-order valence-electron chi connectivity index (χ3n) is 2.50. The van der Waals surface area contributed by atoms with E-state index in [0.29, 0.717) is 12.2 Å². The molecular weight excluding hydrogens is 196 g/mol. The van der Waals surface area contributed by atoms with Crippen molar-refractivity contribution in [1.82, 2.24) is 9.97 Å². The summed E-state index contributed by atoms with van der Waals surface area (Å²) in [5, 5.41) is 8.71. The molecule has 0 aliphatic heterocycles. The van der Waals surface area contributed by atoms with Crippen LogP contribution in [0.3, 0.4) is 0 Å². The van der Waals surface area contributed by atoms with Crippen LogP contribution in [0.5, 0.6) is 0 Å². The van der Waals surface area contributed by atoms with Crippen molar-refractivity contribution in [3.05, 3.63) is 27.9 Å². The van der Waals surface area contributed by atoms with Crippen LogP contribution in [0.2, 0.25) is 0 Å². The molecule has 1 aromatic heterocycles. The molecule has 5 heteroatoms. The Morgan fingerprint density at radius 3 is 2.93 bits per heavy atom. The van der Waals surface area contributed by atoms with Crippen LogP contribution in [0, 0.1) is 5.92 Å². The summed E-state index contributed by atoms with van der Waals surface area (Å²) in [6.45, 7) is 0. The van der Waals surface area contributed by atoms with E-state index in [1.165, 1.54) is 12.8 Å². The highest BCUT2D eigenvalue weighted by atomic mass is 16.4. The zero-order valence-electron chi connectivity index (χ0n) is 8.19. The molecule has 0 aromatic carbocycles. The molecule has 0 bridgehead atoms. The highest BCUT2D eigenvalue weighted by Gasteiger charge is 2.21. The van der Waals surface area contributed by atoms with Crippen LogP contribution in [-0.4, -0.2) is 21.0 Å². The summed E-state index contributed by atoms with van der Waals surface area (Å²) < 4.78 is 0. The second-order valence-electron chi connectivity index (χ2n) is 3.86. The molecule has 2 rings (SSSR count). The largest absolute Gasteiger partial charge is 0.477 e. The van der Waals surface area contributed by atoms with Crippen LogP contribution >= 0.6 is 0 Å². The fraction of sp³-hybridized carbons (Fsp3) is 0.500. The van der Waals surface area contributed by atoms with Gasteiger partial charge in [0.05, 0.1) is 0 Å². The van der Waals surface area contributed by atoms with E-state index in [1.54, 1.807) is 0 Å². The van der Waals surface area contributed by atoms with Crippen molar-refractivity contribution in [3.8, 4) is 0 Å². The quantitative estimate of drug-likeness (QED) is 0.767. The molecule has 15 heavy (non-hydrogen) atoms. The van der Waals surface area contributed by atoms with Gasteiger partial charge in [-0.3, -0.25) is 4.79 Å². The van der Waals surface area contributed by atoms with Gasteiger partial charge < -0.3 is 10.1 Å². The Bertz CT molecular complexity index is 435. The highest BCUT2D eigenvalue weighted by molar-refractivity contribution is 5.85. The van der Waals surface area contributed by atoms with Gasteiger partial charge in [0.2, 0.25) is 0 Å². The van der Waals surface area contributed by atoms with E-state index in [4.69, 9.17) is 5.11 Å². The van der Waals surface area contributed by atoms with Crippen LogP contribution < -0.4 is 5.56 Å². The van der Waals surface area contributed by atoms with Crippen molar-refractivity contribution in [2.24, 2.45) is 5.92 Å². The van der Waals surface area contributed by atoms with Gasteiger partial charge in [-0.05, 0) is 12.3 Å². The molecule has 5 nitrogen and oxygen atoms in total. The number of nitrogens with zero attached hydrogens (tertiary/aromatic N) is 1. The molecule has 1 fully saturated rings. The van der Waals surface area contributed by atoms with Crippen molar-refractivity contribution in [2.75, 3.05) is 0 Å². The van der Waals surface area contributed by atoms with Gasteiger partial charge >= 0.3 is 5.97 Å². The lowest BCUT2D eigenvalue weighted by atomic mass is 10.2. The maximum Gasteiger partial charge on any atom is 0.354 e. The standard InChI is InChI=1S/C10H12N2O3/c13-9-5-7(10(14)15)11-8(12-9)4-3-6-1-2-6/h5-6H,1-4H2,(H,14,15)(H,11,12,13). The number of aryl methyl sites for hydroxylation is 1. The predicted octanol–water partition coefficient (Wildman–Crippen LogP) is 0.811. The minimum absolute atomic E-state index is 0.176. The SMILES string of the molecule is O=C(O)c1cc(=O)[nH]c(CCC2CC2)n1. The monoisotopic (exact) mass is 208 g/mol. The Balaban J connectivity index is 2.14. The first-order chi connectivity index (χ1) is 7.15. The molecule has 1 saturated carbocycles. The molecule has 2 N–H and O–H groups in total. The maximum absolute atomic E-state index is 11.1. The average Bonchev–Trinajstić information content (AvgIpc) is 2.97. The van der Waals surface area contributed by atoms with Crippen molar-refractivity contribution >= 4 is 5.97 Å². The number of carboxylic acid groups (broad SMARTS) is 1. The maximum atomic E-state index is 11.1. The smallest absolute Gasteiger partial charge is 0.354 e. The number of hydrogen-bond donors (Lipinski definition) is 2. The zero-order valence-corrected chi connectivity index (χ0v) is 8.19. The number of aromatic amines is 1. The Kier molecular flexibility index (Phi) is 2.53. The van der Waals surface area contributed by atoms with Crippen LogP contribution in [-0.2, 0) is 6.42 Å². The molecule has 0 atom stereocenters. The van der Waals surface area contributed by atoms with Crippen LogP contribution in [0.4, 0.5) is 0 Å². The molecule has 1 aliphatic carbocycles. The van der Waals surface area contributed by atoms with Crippen molar-refractivity contribution < 1.29 is 9.90 Å². The van der Waals surface area contributed by atoms with E-state index in [0.717, 1.165) is 18.4 Å². The Morgan fingerprint density at radius 1 is 1.60 bits per heavy atom. The minimum atomic E-state index is -1.16. The molecule has 0 radical (unpaired) electrons. The number of rotatable bonds is 4. The van der Waals surface area contributed by atoms with Crippen LogP contribution in [0.15, 0.2) is 10.9 Å². The third-order valence-corrected chi connectivity index (χ3v) is 2.50. The highest BCUT2D eigenvalue weighted by Crippen LogP contribution is 2.32. The Hall–Kier alpha value is -1.65.